The number of thiophene rings is 1. The lowest BCUT2D eigenvalue weighted by molar-refractivity contribution is 0.670. The Balaban J connectivity index is 1.17. The van der Waals surface area contributed by atoms with Gasteiger partial charge in [-0.05, 0) is 53.1 Å². The van der Waals surface area contributed by atoms with E-state index in [1.807, 2.05) is 53.9 Å². The molecular weight excluding hydrogens is 631 g/mol. The number of nitrogens with zero attached hydrogens (tertiary/aromatic N) is 3. The van der Waals surface area contributed by atoms with Crippen molar-refractivity contribution in [3.8, 4) is 56.2 Å². The number of pyridine rings is 1. The van der Waals surface area contributed by atoms with Crippen molar-refractivity contribution >= 4 is 53.4 Å². The van der Waals surface area contributed by atoms with E-state index < -0.39 is 0 Å². The summed E-state index contributed by atoms with van der Waals surface area (Å²) in [6.45, 7) is 0. The number of para-hydroxylation sites is 1. The van der Waals surface area contributed by atoms with Gasteiger partial charge in [0.1, 0.15) is 11.2 Å². The van der Waals surface area contributed by atoms with E-state index in [0.717, 1.165) is 72.3 Å². The number of rotatable bonds is 5. The molecule has 0 atom stereocenters. The molecule has 0 aliphatic rings. The van der Waals surface area contributed by atoms with Crippen LogP contribution in [0.5, 0.6) is 0 Å². The first-order valence-corrected chi connectivity index (χ1v) is 17.4. The van der Waals surface area contributed by atoms with E-state index in [0.29, 0.717) is 5.82 Å². The molecule has 0 radical (unpaired) electrons. The molecule has 234 valence electrons. The molecule has 0 fully saturated rings. The summed E-state index contributed by atoms with van der Waals surface area (Å²) in [5, 5.41) is 4.68. The third kappa shape index (κ3) is 4.79. The van der Waals surface area contributed by atoms with Crippen LogP contribution >= 0.6 is 11.3 Å². The molecule has 0 saturated carbocycles. The minimum absolute atomic E-state index is 0.666. The maximum Gasteiger partial charge on any atom is 0.160 e. The summed E-state index contributed by atoms with van der Waals surface area (Å²) < 4.78 is 9.27. The van der Waals surface area contributed by atoms with Gasteiger partial charge >= 0.3 is 0 Å². The van der Waals surface area contributed by atoms with E-state index >= 15 is 0 Å². The second kappa shape index (κ2) is 11.6. The lowest BCUT2D eigenvalue weighted by Gasteiger charge is -2.12. The van der Waals surface area contributed by atoms with E-state index in [4.69, 9.17) is 14.4 Å². The molecule has 0 saturated heterocycles. The fourth-order valence-electron chi connectivity index (χ4n) is 6.98. The van der Waals surface area contributed by atoms with Crippen LogP contribution in [0.25, 0.3) is 98.3 Å². The average Bonchev–Trinajstić information content (AvgIpc) is 3.77. The van der Waals surface area contributed by atoms with Crippen LogP contribution in [-0.4, -0.2) is 15.0 Å². The normalized spacial score (nSPS) is 11.6. The number of furan rings is 1. The highest BCUT2D eigenvalue weighted by Gasteiger charge is 2.20. The number of hydrogen-bond acceptors (Lipinski definition) is 5. The minimum Gasteiger partial charge on any atom is -0.455 e. The molecule has 4 nitrogen and oxygen atoms in total. The average molecular weight is 658 g/mol. The van der Waals surface area contributed by atoms with Crippen LogP contribution in [0.4, 0.5) is 0 Å². The Morgan fingerprint density at radius 2 is 1.16 bits per heavy atom. The Labute approximate surface area is 292 Å². The maximum atomic E-state index is 6.71. The van der Waals surface area contributed by atoms with Crippen LogP contribution in [0, 0.1) is 0 Å². The highest BCUT2D eigenvalue weighted by molar-refractivity contribution is 7.25. The topological polar surface area (TPSA) is 51.8 Å². The fraction of sp³-hybridized carbons (Fsp3) is 0. The second-order valence-electron chi connectivity index (χ2n) is 12.4. The molecule has 50 heavy (non-hydrogen) atoms. The Bertz CT molecular complexity index is 2860. The summed E-state index contributed by atoms with van der Waals surface area (Å²) in [5.41, 5.74) is 10.7. The predicted octanol–water partition coefficient (Wildman–Crippen LogP) is 12.5. The molecule has 10 aromatic rings. The largest absolute Gasteiger partial charge is 0.455 e. The summed E-state index contributed by atoms with van der Waals surface area (Å²) in [6, 6.07) is 52.9. The van der Waals surface area contributed by atoms with Crippen LogP contribution < -0.4 is 0 Å². The third-order valence-electron chi connectivity index (χ3n) is 9.43. The molecule has 0 amide bonds. The zero-order valence-electron chi connectivity index (χ0n) is 26.7. The zero-order chi connectivity index (χ0) is 33.0. The van der Waals surface area contributed by atoms with Crippen LogP contribution in [0.1, 0.15) is 0 Å². The lowest BCUT2D eigenvalue weighted by atomic mass is 9.95. The minimum atomic E-state index is 0.666. The van der Waals surface area contributed by atoms with Crippen LogP contribution in [-0.2, 0) is 0 Å². The van der Waals surface area contributed by atoms with Crippen molar-refractivity contribution < 1.29 is 4.42 Å². The fourth-order valence-corrected chi connectivity index (χ4v) is 8.12. The monoisotopic (exact) mass is 657 g/mol. The van der Waals surface area contributed by atoms with Gasteiger partial charge in [-0.2, -0.15) is 0 Å². The van der Waals surface area contributed by atoms with Gasteiger partial charge in [0.15, 0.2) is 5.82 Å². The van der Waals surface area contributed by atoms with Crippen LogP contribution in [0.15, 0.2) is 168 Å². The zero-order valence-corrected chi connectivity index (χ0v) is 27.6. The van der Waals surface area contributed by atoms with Crippen molar-refractivity contribution in [1.82, 2.24) is 15.0 Å². The molecule has 0 aliphatic carbocycles. The number of benzene rings is 6. The van der Waals surface area contributed by atoms with Crippen molar-refractivity contribution in [3.63, 3.8) is 0 Å². The van der Waals surface area contributed by atoms with Crippen molar-refractivity contribution in [1.29, 1.82) is 0 Å². The lowest BCUT2D eigenvalue weighted by Crippen LogP contribution is -1.96. The van der Waals surface area contributed by atoms with Crippen LogP contribution in [0.2, 0.25) is 0 Å². The number of fused-ring (bicyclic) bond motifs is 6. The quantitative estimate of drug-likeness (QED) is 0.185. The van der Waals surface area contributed by atoms with Gasteiger partial charge in [-0.1, -0.05) is 115 Å². The standard InChI is InChI=1S/C45H27N3OS/c1-2-9-29(10-3-1)38-26-39(48-45(47-38)30-18-16-28(17-19-30)32-11-8-24-46-27-32)36-23-22-33(44-43(36)37-13-4-6-14-40(37)49-44)31-20-21-35-34-12-5-7-15-41(34)50-42(35)25-31/h1-27H. The van der Waals surface area contributed by atoms with Gasteiger partial charge in [0, 0.05) is 65.6 Å². The summed E-state index contributed by atoms with van der Waals surface area (Å²) in [7, 11) is 0. The van der Waals surface area contributed by atoms with Gasteiger partial charge in [0.2, 0.25) is 0 Å². The Morgan fingerprint density at radius 3 is 2.02 bits per heavy atom. The van der Waals surface area contributed by atoms with Gasteiger partial charge in [0.05, 0.1) is 11.4 Å². The number of hydrogen-bond donors (Lipinski definition) is 0. The Morgan fingerprint density at radius 1 is 0.460 bits per heavy atom. The Hall–Kier alpha value is -6.43. The summed E-state index contributed by atoms with van der Waals surface area (Å²) in [6.07, 6.45) is 3.67. The molecule has 5 heteroatoms. The molecule has 4 aromatic heterocycles. The van der Waals surface area contributed by atoms with Gasteiger partial charge in [-0.3, -0.25) is 4.98 Å². The SMILES string of the molecule is c1ccc(-c2cc(-c3ccc(-c4ccc5c(c4)sc4ccccc45)c4oc5ccccc5c34)nc(-c3ccc(-c4cccnc4)cc3)n2)cc1. The second-order valence-corrected chi connectivity index (χ2v) is 13.5. The van der Waals surface area contributed by atoms with E-state index in [2.05, 4.69) is 120 Å². The maximum absolute atomic E-state index is 6.71. The molecule has 0 spiro atoms. The van der Waals surface area contributed by atoms with Gasteiger partial charge in [-0.25, -0.2) is 9.97 Å². The molecule has 0 aliphatic heterocycles. The first-order chi connectivity index (χ1) is 24.8. The molecule has 0 N–H and O–H groups in total. The van der Waals surface area contributed by atoms with Crippen molar-refractivity contribution in [2.45, 2.75) is 0 Å². The summed E-state index contributed by atoms with van der Waals surface area (Å²) in [4.78, 5) is 14.6. The van der Waals surface area contributed by atoms with Crippen LogP contribution in [0.3, 0.4) is 0 Å². The first-order valence-electron chi connectivity index (χ1n) is 16.6. The molecule has 0 unspecified atom stereocenters. The van der Waals surface area contributed by atoms with E-state index in [9.17, 15) is 0 Å². The van der Waals surface area contributed by atoms with E-state index in [1.54, 1.807) is 6.20 Å². The van der Waals surface area contributed by atoms with Gasteiger partial charge in [-0.15, -0.1) is 11.3 Å². The van der Waals surface area contributed by atoms with Crippen molar-refractivity contribution in [3.05, 3.63) is 164 Å². The summed E-state index contributed by atoms with van der Waals surface area (Å²) >= 11 is 1.83. The van der Waals surface area contributed by atoms with E-state index in [1.165, 1.54) is 20.2 Å². The molecular formula is C45H27N3OS. The third-order valence-corrected chi connectivity index (χ3v) is 10.6. The molecule has 0 bridgehead atoms. The first kappa shape index (κ1) is 28.6. The highest BCUT2D eigenvalue weighted by Crippen LogP contribution is 2.44. The van der Waals surface area contributed by atoms with E-state index in [-0.39, 0.29) is 0 Å². The van der Waals surface area contributed by atoms with Crippen molar-refractivity contribution in [2.75, 3.05) is 0 Å². The number of aromatic nitrogens is 3. The Kier molecular flexibility index (Phi) is 6.64. The molecule has 10 rings (SSSR count). The highest BCUT2D eigenvalue weighted by atomic mass is 32.1. The summed E-state index contributed by atoms with van der Waals surface area (Å²) in [5.74, 6) is 0.666. The molecule has 6 aromatic carbocycles. The van der Waals surface area contributed by atoms with Gasteiger partial charge in [0.25, 0.3) is 0 Å². The predicted molar refractivity (Wildman–Crippen MR) is 207 cm³/mol. The van der Waals surface area contributed by atoms with Crippen molar-refractivity contribution in [2.24, 2.45) is 0 Å². The van der Waals surface area contributed by atoms with Gasteiger partial charge < -0.3 is 4.42 Å². The smallest absolute Gasteiger partial charge is 0.160 e. The molecule has 4 heterocycles.